The van der Waals surface area contributed by atoms with Crippen molar-refractivity contribution in [2.45, 2.75) is 65.5 Å². The van der Waals surface area contributed by atoms with E-state index in [1.54, 1.807) is 0 Å². The maximum Gasteiger partial charge on any atom is 0.107 e. The summed E-state index contributed by atoms with van der Waals surface area (Å²) >= 11 is 1.93. The molecule has 4 heteroatoms. The molecular weight excluding hydrogens is 266 g/mol. The number of hydrogen-bond acceptors (Lipinski definition) is 4. The van der Waals surface area contributed by atoms with Crippen LogP contribution in [0.1, 0.15) is 61.5 Å². The van der Waals surface area contributed by atoms with Crippen LogP contribution in [0, 0.1) is 0 Å². The van der Waals surface area contributed by atoms with E-state index in [2.05, 4.69) is 24.1 Å². The standard InChI is InChI=1S/C16H29N3S/c1-3-5-9-17-12-15-14(8-4-2)18-16(20-15)13-19-10-6-7-11-19/h17H,3-13H2,1-2H3. The van der Waals surface area contributed by atoms with Crippen molar-refractivity contribution < 1.29 is 0 Å². The summed E-state index contributed by atoms with van der Waals surface area (Å²) < 4.78 is 0. The molecular formula is C16H29N3S. The van der Waals surface area contributed by atoms with Gasteiger partial charge in [0, 0.05) is 11.4 Å². The molecule has 2 heterocycles. The molecule has 1 aliphatic rings. The summed E-state index contributed by atoms with van der Waals surface area (Å²) in [7, 11) is 0. The number of nitrogens with zero attached hydrogens (tertiary/aromatic N) is 2. The van der Waals surface area contributed by atoms with Crippen LogP contribution in [0.4, 0.5) is 0 Å². The highest BCUT2D eigenvalue weighted by Gasteiger charge is 2.16. The van der Waals surface area contributed by atoms with Crippen LogP contribution in [-0.2, 0) is 19.5 Å². The van der Waals surface area contributed by atoms with E-state index in [1.165, 1.54) is 60.8 Å². The smallest absolute Gasteiger partial charge is 0.107 e. The summed E-state index contributed by atoms with van der Waals surface area (Å²) in [5, 5.41) is 4.89. The first-order valence-corrected chi connectivity index (χ1v) is 9.05. The monoisotopic (exact) mass is 295 g/mol. The maximum absolute atomic E-state index is 4.90. The summed E-state index contributed by atoms with van der Waals surface area (Å²) in [6.45, 7) is 10.2. The van der Waals surface area contributed by atoms with Crippen molar-refractivity contribution in [1.82, 2.24) is 15.2 Å². The zero-order chi connectivity index (χ0) is 14.2. The fourth-order valence-electron chi connectivity index (χ4n) is 2.71. The van der Waals surface area contributed by atoms with Crippen LogP contribution in [0.2, 0.25) is 0 Å². The molecule has 1 aromatic rings. The summed E-state index contributed by atoms with van der Waals surface area (Å²) in [4.78, 5) is 8.91. The zero-order valence-electron chi connectivity index (χ0n) is 13.1. The van der Waals surface area contributed by atoms with Crippen molar-refractivity contribution >= 4 is 11.3 Å². The second-order valence-electron chi connectivity index (χ2n) is 5.74. The first-order chi connectivity index (χ1) is 9.83. The third-order valence-electron chi connectivity index (χ3n) is 3.86. The summed E-state index contributed by atoms with van der Waals surface area (Å²) in [6, 6.07) is 0. The van der Waals surface area contributed by atoms with Gasteiger partial charge in [-0.25, -0.2) is 4.98 Å². The molecule has 0 unspecified atom stereocenters. The first-order valence-electron chi connectivity index (χ1n) is 8.24. The molecule has 0 radical (unpaired) electrons. The van der Waals surface area contributed by atoms with Crippen LogP contribution in [0.15, 0.2) is 0 Å². The van der Waals surface area contributed by atoms with Gasteiger partial charge in [0.15, 0.2) is 0 Å². The molecule has 1 aromatic heterocycles. The molecule has 1 saturated heterocycles. The molecule has 0 bridgehead atoms. The number of likely N-dealkylation sites (tertiary alicyclic amines) is 1. The van der Waals surface area contributed by atoms with E-state index in [0.29, 0.717) is 0 Å². The van der Waals surface area contributed by atoms with Gasteiger partial charge in [-0.15, -0.1) is 11.3 Å². The Balaban J connectivity index is 1.91. The number of thiazole rings is 1. The molecule has 1 fully saturated rings. The van der Waals surface area contributed by atoms with Gasteiger partial charge in [-0.1, -0.05) is 26.7 Å². The second-order valence-corrected chi connectivity index (χ2v) is 6.91. The second kappa shape index (κ2) is 8.75. The van der Waals surface area contributed by atoms with Gasteiger partial charge in [0.2, 0.25) is 0 Å². The number of nitrogens with one attached hydrogen (secondary N) is 1. The number of unbranched alkanes of at least 4 members (excludes halogenated alkanes) is 1. The van der Waals surface area contributed by atoms with Gasteiger partial charge in [-0.2, -0.15) is 0 Å². The minimum Gasteiger partial charge on any atom is -0.312 e. The van der Waals surface area contributed by atoms with Crippen molar-refractivity contribution in [2.75, 3.05) is 19.6 Å². The highest BCUT2D eigenvalue weighted by molar-refractivity contribution is 7.11. The van der Waals surface area contributed by atoms with E-state index >= 15 is 0 Å². The summed E-state index contributed by atoms with van der Waals surface area (Å²) in [5.74, 6) is 0. The molecule has 1 N–H and O–H groups in total. The van der Waals surface area contributed by atoms with Crippen molar-refractivity contribution in [3.05, 3.63) is 15.6 Å². The van der Waals surface area contributed by atoms with Gasteiger partial charge in [0.1, 0.15) is 5.01 Å². The average molecular weight is 295 g/mol. The van der Waals surface area contributed by atoms with Gasteiger partial charge >= 0.3 is 0 Å². The molecule has 1 aliphatic heterocycles. The number of hydrogen-bond donors (Lipinski definition) is 1. The van der Waals surface area contributed by atoms with Gasteiger partial charge in [0.05, 0.1) is 12.2 Å². The third-order valence-corrected chi connectivity index (χ3v) is 4.94. The minimum atomic E-state index is 1.01. The molecule has 3 nitrogen and oxygen atoms in total. The van der Waals surface area contributed by atoms with Crippen molar-refractivity contribution in [3.63, 3.8) is 0 Å². The highest BCUT2D eigenvalue weighted by atomic mass is 32.1. The Kier molecular flexibility index (Phi) is 6.97. The van der Waals surface area contributed by atoms with E-state index in [9.17, 15) is 0 Å². The SMILES string of the molecule is CCCCNCc1sc(CN2CCCC2)nc1CCC. The Morgan fingerprint density at radius 3 is 2.70 bits per heavy atom. The average Bonchev–Trinajstić information content (AvgIpc) is 3.06. The number of aryl methyl sites for hydroxylation is 1. The molecule has 0 spiro atoms. The van der Waals surface area contributed by atoms with E-state index in [0.717, 1.165) is 26.1 Å². The molecule has 20 heavy (non-hydrogen) atoms. The predicted molar refractivity (Wildman–Crippen MR) is 87.2 cm³/mol. The first kappa shape index (κ1) is 15.9. The largest absolute Gasteiger partial charge is 0.312 e. The quantitative estimate of drug-likeness (QED) is 0.706. The van der Waals surface area contributed by atoms with E-state index < -0.39 is 0 Å². The molecule has 0 amide bonds. The van der Waals surface area contributed by atoms with Crippen LogP contribution < -0.4 is 5.32 Å². The van der Waals surface area contributed by atoms with Crippen molar-refractivity contribution in [2.24, 2.45) is 0 Å². The van der Waals surface area contributed by atoms with E-state index in [4.69, 9.17) is 4.98 Å². The number of aromatic nitrogens is 1. The predicted octanol–water partition coefficient (Wildman–Crippen LogP) is 3.58. The lowest BCUT2D eigenvalue weighted by Gasteiger charge is -2.11. The molecule has 2 rings (SSSR count). The molecule has 114 valence electrons. The van der Waals surface area contributed by atoms with Gasteiger partial charge in [0.25, 0.3) is 0 Å². The topological polar surface area (TPSA) is 28.2 Å². The lowest BCUT2D eigenvalue weighted by Crippen LogP contribution is -2.18. The van der Waals surface area contributed by atoms with Crippen LogP contribution in [0.3, 0.4) is 0 Å². The summed E-state index contributed by atoms with van der Waals surface area (Å²) in [6.07, 6.45) is 7.56. The van der Waals surface area contributed by atoms with Gasteiger partial charge in [-0.3, -0.25) is 4.90 Å². The van der Waals surface area contributed by atoms with Crippen molar-refractivity contribution in [3.8, 4) is 0 Å². The Labute approximate surface area is 127 Å². The van der Waals surface area contributed by atoms with Crippen molar-refractivity contribution in [1.29, 1.82) is 0 Å². The van der Waals surface area contributed by atoms with Gasteiger partial charge < -0.3 is 5.32 Å². The molecule has 0 aromatic carbocycles. The summed E-state index contributed by atoms with van der Waals surface area (Å²) in [5.41, 5.74) is 1.34. The fourth-order valence-corrected chi connectivity index (χ4v) is 3.84. The fraction of sp³-hybridized carbons (Fsp3) is 0.812. The van der Waals surface area contributed by atoms with Gasteiger partial charge in [-0.05, 0) is 45.3 Å². The van der Waals surface area contributed by atoms with Crippen LogP contribution in [0.25, 0.3) is 0 Å². The third kappa shape index (κ3) is 4.83. The van der Waals surface area contributed by atoms with E-state index in [-0.39, 0.29) is 0 Å². The Hall–Kier alpha value is -0.450. The van der Waals surface area contributed by atoms with E-state index in [1.807, 2.05) is 11.3 Å². The van der Waals surface area contributed by atoms with Crippen LogP contribution in [0.5, 0.6) is 0 Å². The van der Waals surface area contributed by atoms with Crippen LogP contribution >= 0.6 is 11.3 Å². The normalized spacial score (nSPS) is 16.1. The Bertz CT molecular complexity index is 383. The Morgan fingerprint density at radius 1 is 1.20 bits per heavy atom. The molecule has 0 aliphatic carbocycles. The van der Waals surface area contributed by atoms with Crippen LogP contribution in [-0.4, -0.2) is 29.5 Å². The number of rotatable bonds is 9. The molecule has 0 saturated carbocycles. The lowest BCUT2D eigenvalue weighted by atomic mass is 10.2. The maximum atomic E-state index is 4.90. The highest BCUT2D eigenvalue weighted by Crippen LogP contribution is 2.22. The zero-order valence-corrected chi connectivity index (χ0v) is 13.9. The lowest BCUT2D eigenvalue weighted by molar-refractivity contribution is 0.330. The molecule has 0 atom stereocenters. The Morgan fingerprint density at radius 2 is 2.00 bits per heavy atom. The minimum absolute atomic E-state index is 1.01.